The lowest BCUT2D eigenvalue weighted by atomic mass is 9.95. The first kappa shape index (κ1) is 32.2. The third kappa shape index (κ3) is 7.64. The normalized spacial score (nSPS) is 15.9. The molecule has 3 atom stereocenters. The number of carbonyl (C=O) groups excluding carboxylic acids is 5. The summed E-state index contributed by atoms with van der Waals surface area (Å²) >= 11 is 0. The third-order valence-corrected chi connectivity index (χ3v) is 7.84. The molecule has 0 spiro atoms. The van der Waals surface area contributed by atoms with Gasteiger partial charge in [0, 0.05) is 23.4 Å². The van der Waals surface area contributed by atoms with E-state index in [1.165, 1.54) is 0 Å². The first-order valence-corrected chi connectivity index (χ1v) is 14.8. The van der Waals surface area contributed by atoms with Crippen molar-refractivity contribution >= 4 is 40.4 Å². The number of amides is 3. The lowest BCUT2D eigenvalue weighted by molar-refractivity contribution is -0.131. The van der Waals surface area contributed by atoms with Crippen LogP contribution in [0.3, 0.4) is 0 Å². The van der Waals surface area contributed by atoms with E-state index in [-0.39, 0.29) is 23.9 Å². The quantitative estimate of drug-likeness (QED) is 0.218. The van der Waals surface area contributed by atoms with E-state index < -0.39 is 48.2 Å². The minimum Gasteiger partial charge on any atom is -0.496 e. The number of Topliss-reactive ketones (excluding diaryl/α,β-unsaturated/α-hetero) is 1. The molecule has 44 heavy (non-hydrogen) atoms. The standard InChI is InChI=1S/C33H40N4O7/c1-18(2)14-25(37-32(41)26-16-22-23(35-26)10-7-11-28(22)43-5)31(40)36-24(15-21-12-13-34-30(21)39)27(38)17-44-33(42)29-19(3)8-6-9-20(29)4/h6-11,16,18,21,24-25,35H,12-15,17H2,1-5H3,(H,34,39)(H,36,40)(H,37,41)/t21-,24-,25-/m0/s1. The number of rotatable bonds is 13. The molecule has 4 rings (SSSR count). The van der Waals surface area contributed by atoms with Crippen LogP contribution in [0.5, 0.6) is 5.75 Å². The molecule has 4 N–H and O–H groups in total. The van der Waals surface area contributed by atoms with Crippen LogP contribution >= 0.6 is 0 Å². The van der Waals surface area contributed by atoms with Gasteiger partial charge in [0.1, 0.15) is 17.5 Å². The van der Waals surface area contributed by atoms with Crippen molar-refractivity contribution < 1.29 is 33.4 Å². The molecule has 1 aliphatic rings. The molecule has 1 aromatic heterocycles. The number of nitrogens with one attached hydrogen (secondary N) is 4. The Labute approximate surface area is 256 Å². The highest BCUT2D eigenvalue weighted by atomic mass is 16.5. The Kier molecular flexibility index (Phi) is 10.4. The number of H-pyrrole nitrogens is 1. The summed E-state index contributed by atoms with van der Waals surface area (Å²) in [6.07, 6.45) is 0.853. The summed E-state index contributed by atoms with van der Waals surface area (Å²) < 4.78 is 10.8. The van der Waals surface area contributed by atoms with E-state index in [0.29, 0.717) is 36.2 Å². The minimum absolute atomic E-state index is 0.0296. The van der Waals surface area contributed by atoms with Crippen LogP contribution in [-0.4, -0.2) is 66.8 Å². The molecule has 2 aromatic carbocycles. The van der Waals surface area contributed by atoms with Crippen molar-refractivity contribution in [1.82, 2.24) is 20.9 Å². The van der Waals surface area contributed by atoms with Crippen molar-refractivity contribution in [3.63, 3.8) is 0 Å². The average molecular weight is 605 g/mol. The SMILES string of the molecule is COc1cccc2[nH]c(C(=O)N[C@@H](CC(C)C)C(=O)N[C@@H](C[C@@H]3CCNC3=O)C(=O)COC(=O)c3c(C)cccc3C)cc12. The molecule has 0 aliphatic carbocycles. The van der Waals surface area contributed by atoms with Gasteiger partial charge in [-0.05, 0) is 68.4 Å². The van der Waals surface area contributed by atoms with Crippen molar-refractivity contribution in [2.24, 2.45) is 11.8 Å². The first-order valence-electron chi connectivity index (χ1n) is 14.8. The number of aromatic nitrogens is 1. The predicted molar refractivity (Wildman–Crippen MR) is 164 cm³/mol. The number of esters is 1. The average Bonchev–Trinajstić information content (AvgIpc) is 3.60. The van der Waals surface area contributed by atoms with Gasteiger partial charge in [-0.1, -0.05) is 38.1 Å². The number of hydrogen-bond donors (Lipinski definition) is 4. The Hall–Kier alpha value is -4.67. The van der Waals surface area contributed by atoms with E-state index >= 15 is 0 Å². The summed E-state index contributed by atoms with van der Waals surface area (Å²) in [5.74, 6) is -2.31. The van der Waals surface area contributed by atoms with Crippen LogP contribution in [0, 0.1) is 25.7 Å². The van der Waals surface area contributed by atoms with Gasteiger partial charge < -0.3 is 30.4 Å². The summed E-state index contributed by atoms with van der Waals surface area (Å²) in [5.41, 5.74) is 2.77. The van der Waals surface area contributed by atoms with Crippen molar-refractivity contribution in [2.75, 3.05) is 20.3 Å². The Bertz CT molecular complexity index is 1540. The molecule has 1 fully saturated rings. The molecule has 3 aromatic rings. The Balaban J connectivity index is 1.50. The molecule has 0 radical (unpaired) electrons. The smallest absolute Gasteiger partial charge is 0.339 e. The monoisotopic (exact) mass is 604 g/mol. The van der Waals surface area contributed by atoms with Crippen LogP contribution in [0.4, 0.5) is 0 Å². The molecule has 0 bridgehead atoms. The van der Waals surface area contributed by atoms with Gasteiger partial charge in [-0.15, -0.1) is 0 Å². The van der Waals surface area contributed by atoms with Crippen molar-refractivity contribution in [3.8, 4) is 5.75 Å². The van der Waals surface area contributed by atoms with Crippen LogP contribution in [-0.2, 0) is 19.1 Å². The van der Waals surface area contributed by atoms with Gasteiger partial charge >= 0.3 is 5.97 Å². The zero-order valence-corrected chi connectivity index (χ0v) is 25.7. The number of methoxy groups -OCH3 is 1. The van der Waals surface area contributed by atoms with Gasteiger partial charge in [-0.25, -0.2) is 4.79 Å². The summed E-state index contributed by atoms with van der Waals surface area (Å²) in [6.45, 7) is 7.29. The van der Waals surface area contributed by atoms with E-state index in [4.69, 9.17) is 9.47 Å². The van der Waals surface area contributed by atoms with Gasteiger partial charge in [-0.3, -0.25) is 19.2 Å². The Morgan fingerprint density at radius 3 is 2.34 bits per heavy atom. The van der Waals surface area contributed by atoms with Crippen molar-refractivity contribution in [2.45, 2.75) is 59.0 Å². The largest absolute Gasteiger partial charge is 0.496 e. The molecule has 3 amide bonds. The maximum atomic E-state index is 13.6. The van der Waals surface area contributed by atoms with Gasteiger partial charge in [0.05, 0.1) is 18.7 Å². The van der Waals surface area contributed by atoms with E-state index in [2.05, 4.69) is 20.9 Å². The second kappa shape index (κ2) is 14.2. The lowest BCUT2D eigenvalue weighted by Gasteiger charge is -2.25. The fraction of sp³-hybridized carbons (Fsp3) is 0.424. The summed E-state index contributed by atoms with van der Waals surface area (Å²) in [6, 6.07) is 10.4. The van der Waals surface area contributed by atoms with Crippen LogP contribution in [0.25, 0.3) is 10.9 Å². The number of hydrogen-bond acceptors (Lipinski definition) is 7. The first-order chi connectivity index (χ1) is 21.0. The topological polar surface area (TPSA) is 156 Å². The number of ether oxygens (including phenoxy) is 2. The van der Waals surface area contributed by atoms with Gasteiger partial charge in [0.15, 0.2) is 12.4 Å². The zero-order valence-electron chi connectivity index (χ0n) is 25.7. The highest BCUT2D eigenvalue weighted by molar-refractivity contribution is 6.02. The molecule has 0 unspecified atom stereocenters. The van der Waals surface area contributed by atoms with Crippen LogP contribution in [0.15, 0.2) is 42.5 Å². The molecular weight excluding hydrogens is 564 g/mol. The number of ketones is 1. The van der Waals surface area contributed by atoms with Crippen LogP contribution < -0.4 is 20.7 Å². The fourth-order valence-corrected chi connectivity index (χ4v) is 5.51. The fourth-order valence-electron chi connectivity index (χ4n) is 5.51. The van der Waals surface area contributed by atoms with Gasteiger partial charge in [0.2, 0.25) is 11.8 Å². The molecule has 11 nitrogen and oxygen atoms in total. The predicted octanol–water partition coefficient (Wildman–Crippen LogP) is 3.37. The second-order valence-electron chi connectivity index (χ2n) is 11.6. The lowest BCUT2D eigenvalue weighted by Crippen LogP contribution is -2.53. The number of aromatic amines is 1. The van der Waals surface area contributed by atoms with E-state index in [1.54, 1.807) is 51.3 Å². The van der Waals surface area contributed by atoms with E-state index in [0.717, 1.165) is 16.5 Å². The van der Waals surface area contributed by atoms with Crippen LogP contribution in [0.2, 0.25) is 0 Å². The molecule has 11 heteroatoms. The Morgan fingerprint density at radius 2 is 1.70 bits per heavy atom. The molecular formula is C33H40N4O7. The van der Waals surface area contributed by atoms with E-state index in [1.807, 2.05) is 26.0 Å². The van der Waals surface area contributed by atoms with E-state index in [9.17, 15) is 24.0 Å². The highest BCUT2D eigenvalue weighted by Gasteiger charge is 2.34. The summed E-state index contributed by atoms with van der Waals surface area (Å²) in [7, 11) is 1.54. The number of fused-ring (bicyclic) bond motifs is 1. The summed E-state index contributed by atoms with van der Waals surface area (Å²) in [5, 5.41) is 9.02. The second-order valence-corrected chi connectivity index (χ2v) is 11.6. The third-order valence-electron chi connectivity index (χ3n) is 7.84. The maximum absolute atomic E-state index is 13.6. The molecule has 0 saturated carbocycles. The van der Waals surface area contributed by atoms with Crippen molar-refractivity contribution in [3.05, 3.63) is 64.8 Å². The zero-order chi connectivity index (χ0) is 32.0. The number of benzene rings is 2. The molecule has 1 aliphatic heterocycles. The highest BCUT2D eigenvalue weighted by Crippen LogP contribution is 2.26. The number of carbonyl (C=O) groups is 5. The van der Waals surface area contributed by atoms with Crippen LogP contribution in [0.1, 0.15) is 65.1 Å². The van der Waals surface area contributed by atoms with Gasteiger partial charge in [-0.2, -0.15) is 0 Å². The number of aryl methyl sites for hydroxylation is 2. The minimum atomic E-state index is -1.11. The Morgan fingerprint density at radius 1 is 1.00 bits per heavy atom. The van der Waals surface area contributed by atoms with Crippen molar-refractivity contribution in [1.29, 1.82) is 0 Å². The summed E-state index contributed by atoms with van der Waals surface area (Å²) in [4.78, 5) is 68.5. The molecule has 234 valence electrons. The molecule has 2 heterocycles. The maximum Gasteiger partial charge on any atom is 0.339 e. The molecule has 1 saturated heterocycles. The van der Waals surface area contributed by atoms with Gasteiger partial charge in [0.25, 0.3) is 5.91 Å².